The van der Waals surface area contributed by atoms with Gasteiger partial charge in [0, 0.05) is 24.7 Å². The van der Waals surface area contributed by atoms with Crippen LogP contribution in [0.5, 0.6) is 0 Å². The van der Waals surface area contributed by atoms with E-state index in [0.29, 0.717) is 34.2 Å². The number of hydrogen-bond donors (Lipinski definition) is 0. The van der Waals surface area contributed by atoms with Crippen LogP contribution < -0.4 is 0 Å². The van der Waals surface area contributed by atoms with E-state index in [-0.39, 0.29) is 11.7 Å². The molecule has 0 bridgehead atoms. The SMILES string of the molecule is CCCN(Cc1nc2cc(F)ccc2n1CCC)C(=O)c1ccc(Cl)c(Cl)c1. The number of rotatable bonds is 7. The smallest absolute Gasteiger partial charge is 0.254 e. The fraction of sp³-hybridized carbons (Fsp3) is 0.333. The van der Waals surface area contributed by atoms with E-state index in [2.05, 4.69) is 16.5 Å². The third-order valence-electron chi connectivity index (χ3n) is 4.52. The van der Waals surface area contributed by atoms with Gasteiger partial charge in [-0.2, -0.15) is 0 Å². The lowest BCUT2D eigenvalue weighted by Crippen LogP contribution is -2.32. The molecule has 1 aromatic heterocycles. The second-order valence-electron chi connectivity index (χ2n) is 6.67. The number of benzene rings is 2. The zero-order valence-corrected chi connectivity index (χ0v) is 17.4. The third kappa shape index (κ3) is 4.31. The van der Waals surface area contributed by atoms with Gasteiger partial charge in [-0.1, -0.05) is 37.0 Å². The Kier molecular flexibility index (Phi) is 6.57. The Morgan fingerprint density at radius 2 is 1.89 bits per heavy atom. The van der Waals surface area contributed by atoms with E-state index in [1.54, 1.807) is 29.2 Å². The number of aryl methyl sites for hydroxylation is 1. The first-order chi connectivity index (χ1) is 13.4. The maximum atomic E-state index is 13.6. The normalized spacial score (nSPS) is 11.2. The minimum Gasteiger partial charge on any atom is -0.331 e. The van der Waals surface area contributed by atoms with Crippen LogP contribution in [0, 0.1) is 5.82 Å². The molecule has 0 unspecified atom stereocenters. The Morgan fingerprint density at radius 1 is 1.11 bits per heavy atom. The summed E-state index contributed by atoms with van der Waals surface area (Å²) < 4.78 is 15.7. The van der Waals surface area contributed by atoms with Crippen molar-refractivity contribution in [3.05, 3.63) is 63.6 Å². The van der Waals surface area contributed by atoms with Crippen molar-refractivity contribution in [2.24, 2.45) is 0 Å². The van der Waals surface area contributed by atoms with Crippen LogP contribution in [-0.4, -0.2) is 26.9 Å². The topological polar surface area (TPSA) is 38.1 Å². The van der Waals surface area contributed by atoms with Gasteiger partial charge in [0.15, 0.2) is 0 Å². The number of amides is 1. The molecule has 2 aromatic carbocycles. The Balaban J connectivity index is 1.96. The summed E-state index contributed by atoms with van der Waals surface area (Å²) in [5.41, 5.74) is 1.95. The van der Waals surface area contributed by atoms with Crippen molar-refractivity contribution in [1.29, 1.82) is 0 Å². The molecule has 0 radical (unpaired) electrons. The summed E-state index contributed by atoms with van der Waals surface area (Å²) in [6, 6.07) is 9.47. The average molecular weight is 422 g/mol. The molecule has 0 N–H and O–H groups in total. The van der Waals surface area contributed by atoms with Crippen molar-refractivity contribution in [1.82, 2.24) is 14.5 Å². The molecule has 0 aliphatic heterocycles. The monoisotopic (exact) mass is 421 g/mol. The number of carbonyl (C=O) groups excluding carboxylic acids is 1. The highest BCUT2D eigenvalue weighted by Gasteiger charge is 2.20. The van der Waals surface area contributed by atoms with E-state index < -0.39 is 0 Å². The van der Waals surface area contributed by atoms with Crippen LogP contribution in [0.4, 0.5) is 4.39 Å². The summed E-state index contributed by atoms with van der Waals surface area (Å²) in [4.78, 5) is 19.4. The van der Waals surface area contributed by atoms with E-state index >= 15 is 0 Å². The summed E-state index contributed by atoms with van der Waals surface area (Å²) in [5.74, 6) is 0.281. The molecule has 0 aliphatic rings. The van der Waals surface area contributed by atoms with Gasteiger partial charge in [-0.05, 0) is 43.2 Å². The van der Waals surface area contributed by atoms with Gasteiger partial charge >= 0.3 is 0 Å². The molecular weight excluding hydrogens is 400 g/mol. The second-order valence-corrected chi connectivity index (χ2v) is 7.48. The van der Waals surface area contributed by atoms with Crippen LogP contribution in [0.2, 0.25) is 10.0 Å². The number of carbonyl (C=O) groups is 1. The maximum Gasteiger partial charge on any atom is 0.254 e. The molecule has 0 atom stereocenters. The van der Waals surface area contributed by atoms with E-state index in [1.165, 1.54) is 12.1 Å². The number of imidazole rings is 1. The van der Waals surface area contributed by atoms with Gasteiger partial charge in [-0.15, -0.1) is 0 Å². The third-order valence-corrected chi connectivity index (χ3v) is 5.26. The number of halogens is 3. The van der Waals surface area contributed by atoms with Crippen LogP contribution in [-0.2, 0) is 13.1 Å². The van der Waals surface area contributed by atoms with Crippen molar-refractivity contribution < 1.29 is 9.18 Å². The van der Waals surface area contributed by atoms with Crippen LogP contribution in [0.25, 0.3) is 11.0 Å². The first kappa shape index (κ1) is 20.6. The van der Waals surface area contributed by atoms with Gasteiger partial charge in [0.2, 0.25) is 0 Å². The van der Waals surface area contributed by atoms with Gasteiger partial charge in [-0.25, -0.2) is 9.37 Å². The Labute approximate surface area is 173 Å². The average Bonchev–Trinajstić information content (AvgIpc) is 2.99. The van der Waals surface area contributed by atoms with Gasteiger partial charge in [-0.3, -0.25) is 4.79 Å². The second kappa shape index (κ2) is 8.93. The molecule has 1 amide bonds. The van der Waals surface area contributed by atoms with Gasteiger partial charge in [0.1, 0.15) is 11.6 Å². The molecule has 0 fully saturated rings. The van der Waals surface area contributed by atoms with Crippen molar-refractivity contribution >= 4 is 40.1 Å². The highest BCUT2D eigenvalue weighted by Crippen LogP contribution is 2.24. The van der Waals surface area contributed by atoms with E-state index in [1.807, 2.05) is 6.92 Å². The Bertz CT molecular complexity index is 1000. The largest absolute Gasteiger partial charge is 0.331 e. The van der Waals surface area contributed by atoms with Gasteiger partial charge in [0.25, 0.3) is 5.91 Å². The number of hydrogen-bond acceptors (Lipinski definition) is 2. The predicted octanol–water partition coefficient (Wildman–Crippen LogP) is 5.94. The molecule has 0 saturated heterocycles. The van der Waals surface area contributed by atoms with Gasteiger partial charge in [0.05, 0.1) is 27.6 Å². The molecule has 1 heterocycles. The van der Waals surface area contributed by atoms with Crippen molar-refractivity contribution in [3.8, 4) is 0 Å². The van der Waals surface area contributed by atoms with Crippen LogP contribution in [0.3, 0.4) is 0 Å². The zero-order chi connectivity index (χ0) is 20.3. The Morgan fingerprint density at radius 3 is 2.57 bits per heavy atom. The fourth-order valence-electron chi connectivity index (χ4n) is 3.25. The molecule has 28 heavy (non-hydrogen) atoms. The molecule has 3 rings (SSSR count). The summed E-state index contributed by atoms with van der Waals surface area (Å²) in [6.45, 7) is 5.74. The summed E-state index contributed by atoms with van der Waals surface area (Å²) in [5, 5.41) is 0.754. The summed E-state index contributed by atoms with van der Waals surface area (Å²) in [6.07, 6.45) is 1.71. The zero-order valence-electron chi connectivity index (χ0n) is 15.9. The van der Waals surface area contributed by atoms with E-state index in [0.717, 1.165) is 30.7 Å². The molecule has 0 spiro atoms. The Hall–Kier alpha value is -2.11. The molecular formula is C21H22Cl2FN3O. The van der Waals surface area contributed by atoms with Crippen LogP contribution in [0.1, 0.15) is 42.9 Å². The molecule has 148 valence electrons. The summed E-state index contributed by atoms with van der Waals surface area (Å²) >= 11 is 12.0. The van der Waals surface area contributed by atoms with Crippen molar-refractivity contribution in [2.45, 2.75) is 39.8 Å². The van der Waals surface area contributed by atoms with E-state index in [4.69, 9.17) is 23.2 Å². The minimum absolute atomic E-state index is 0.137. The molecule has 7 heteroatoms. The lowest BCUT2D eigenvalue weighted by molar-refractivity contribution is 0.0737. The minimum atomic E-state index is -0.322. The number of nitrogens with zero attached hydrogens (tertiary/aromatic N) is 3. The first-order valence-corrected chi connectivity index (χ1v) is 10.1. The standard InChI is InChI=1S/C21H22Cl2FN3O/c1-3-9-26(21(28)14-5-7-16(22)17(23)11-14)13-20-25-18-12-15(24)6-8-19(18)27(20)10-4-2/h5-8,11-12H,3-4,9-10,13H2,1-2H3. The van der Waals surface area contributed by atoms with Crippen molar-refractivity contribution in [2.75, 3.05) is 6.54 Å². The van der Waals surface area contributed by atoms with E-state index in [9.17, 15) is 9.18 Å². The number of aromatic nitrogens is 2. The maximum absolute atomic E-state index is 13.6. The fourth-order valence-corrected chi connectivity index (χ4v) is 3.55. The highest BCUT2D eigenvalue weighted by molar-refractivity contribution is 6.42. The van der Waals surface area contributed by atoms with Crippen LogP contribution in [0.15, 0.2) is 36.4 Å². The first-order valence-electron chi connectivity index (χ1n) is 9.33. The molecule has 0 saturated carbocycles. The number of fused-ring (bicyclic) bond motifs is 1. The molecule has 3 aromatic rings. The lowest BCUT2D eigenvalue weighted by Gasteiger charge is -2.22. The van der Waals surface area contributed by atoms with Gasteiger partial charge < -0.3 is 9.47 Å². The molecule has 4 nitrogen and oxygen atoms in total. The quantitative estimate of drug-likeness (QED) is 0.472. The summed E-state index contributed by atoms with van der Waals surface area (Å²) in [7, 11) is 0. The lowest BCUT2D eigenvalue weighted by atomic mass is 10.2. The highest BCUT2D eigenvalue weighted by atomic mass is 35.5. The molecule has 0 aliphatic carbocycles. The van der Waals surface area contributed by atoms with Crippen LogP contribution >= 0.6 is 23.2 Å². The van der Waals surface area contributed by atoms with Crippen molar-refractivity contribution in [3.63, 3.8) is 0 Å². The predicted molar refractivity (Wildman–Crippen MR) is 111 cm³/mol.